The molecule has 0 aliphatic carbocycles. The summed E-state index contributed by atoms with van der Waals surface area (Å²) in [7, 11) is 0. The van der Waals surface area contributed by atoms with Crippen LogP contribution >= 0.6 is 33.9 Å². The summed E-state index contributed by atoms with van der Waals surface area (Å²) in [5.74, 6) is -0.866. The fourth-order valence-electron chi connectivity index (χ4n) is 1.10. The van der Waals surface area contributed by atoms with E-state index in [0.717, 1.165) is 8.45 Å². The molecule has 0 saturated carbocycles. The van der Waals surface area contributed by atoms with Gasteiger partial charge in [-0.05, 0) is 41.0 Å². The summed E-state index contributed by atoms with van der Waals surface area (Å²) in [5.41, 5.74) is 5.16. The number of aliphatic carboxylic acids is 1. The van der Waals surface area contributed by atoms with E-state index in [1.165, 1.54) is 11.3 Å². The molecule has 1 heterocycles. The number of thiophene rings is 1. The molecule has 0 radical (unpaired) electrons. The van der Waals surface area contributed by atoms with Crippen LogP contribution in [-0.2, 0) is 10.3 Å². The van der Waals surface area contributed by atoms with Gasteiger partial charge in [0.25, 0.3) is 0 Å². The molecular formula is C8H10INO2S. The van der Waals surface area contributed by atoms with Gasteiger partial charge in [-0.25, -0.2) is 0 Å². The summed E-state index contributed by atoms with van der Waals surface area (Å²) in [6.45, 7) is 1.75. The summed E-state index contributed by atoms with van der Waals surface area (Å²) < 4.78 is 1.04. The quantitative estimate of drug-likeness (QED) is 0.839. The molecule has 3 N–H and O–H groups in total. The molecule has 0 bridgehead atoms. The van der Waals surface area contributed by atoms with Crippen LogP contribution in [0.15, 0.2) is 11.4 Å². The largest absolute Gasteiger partial charge is 0.481 e. The second kappa shape index (κ2) is 3.93. The molecule has 5 heteroatoms. The van der Waals surface area contributed by atoms with Crippen LogP contribution in [0.25, 0.3) is 0 Å². The first-order chi connectivity index (χ1) is 5.93. The van der Waals surface area contributed by atoms with Crippen molar-refractivity contribution in [1.82, 2.24) is 0 Å². The topological polar surface area (TPSA) is 63.3 Å². The molecule has 0 fully saturated rings. The average molecular weight is 311 g/mol. The molecule has 0 aliphatic rings. The van der Waals surface area contributed by atoms with Crippen LogP contribution in [0.3, 0.4) is 0 Å². The number of nitrogens with two attached hydrogens (primary N) is 1. The summed E-state index contributed by atoms with van der Waals surface area (Å²) in [5, 5.41) is 10.6. The van der Waals surface area contributed by atoms with Crippen molar-refractivity contribution >= 4 is 39.9 Å². The molecule has 1 atom stereocenters. The zero-order valence-corrected chi connectivity index (χ0v) is 10.1. The maximum absolute atomic E-state index is 10.5. The smallest absolute Gasteiger partial charge is 0.305 e. The molecule has 3 nitrogen and oxygen atoms in total. The van der Waals surface area contributed by atoms with Gasteiger partial charge in [-0.15, -0.1) is 11.3 Å². The minimum absolute atomic E-state index is 0.0382. The second-order valence-electron chi connectivity index (χ2n) is 3.09. The zero-order valence-electron chi connectivity index (χ0n) is 7.08. The Morgan fingerprint density at radius 3 is 2.85 bits per heavy atom. The standard InChI is InChI=1S/C8H10INO2S/c1-8(10,4-6(11)12)7-5(9)2-3-13-7/h2-3H,4,10H2,1H3,(H,11,12). The number of halogens is 1. The van der Waals surface area contributed by atoms with E-state index < -0.39 is 11.5 Å². The van der Waals surface area contributed by atoms with Gasteiger partial charge in [-0.3, -0.25) is 4.79 Å². The summed E-state index contributed by atoms with van der Waals surface area (Å²) >= 11 is 3.67. The van der Waals surface area contributed by atoms with E-state index in [1.54, 1.807) is 6.92 Å². The van der Waals surface area contributed by atoms with E-state index >= 15 is 0 Å². The number of hydrogen-bond acceptors (Lipinski definition) is 3. The second-order valence-corrected chi connectivity index (χ2v) is 5.16. The van der Waals surface area contributed by atoms with Crippen molar-refractivity contribution in [2.45, 2.75) is 18.9 Å². The number of hydrogen-bond donors (Lipinski definition) is 2. The van der Waals surface area contributed by atoms with Gasteiger partial charge in [-0.2, -0.15) is 0 Å². The first-order valence-electron chi connectivity index (χ1n) is 3.67. The maximum atomic E-state index is 10.5. The zero-order chi connectivity index (χ0) is 10.1. The monoisotopic (exact) mass is 311 g/mol. The fraction of sp³-hybridized carbons (Fsp3) is 0.375. The molecule has 0 aromatic carbocycles. The molecule has 0 aliphatic heterocycles. The Hall–Kier alpha value is -0.140. The third-order valence-corrected chi connectivity index (χ3v) is 4.11. The minimum atomic E-state index is -0.866. The molecule has 0 saturated heterocycles. The Morgan fingerprint density at radius 2 is 2.46 bits per heavy atom. The average Bonchev–Trinajstić information content (AvgIpc) is 2.32. The molecule has 1 aromatic rings. The minimum Gasteiger partial charge on any atom is -0.481 e. The van der Waals surface area contributed by atoms with Crippen LogP contribution in [0.2, 0.25) is 0 Å². The Balaban J connectivity index is 2.93. The van der Waals surface area contributed by atoms with Crippen LogP contribution in [0, 0.1) is 3.57 Å². The highest BCUT2D eigenvalue weighted by Gasteiger charge is 2.27. The Kier molecular flexibility index (Phi) is 3.31. The van der Waals surface area contributed by atoms with Crippen molar-refractivity contribution in [3.05, 3.63) is 19.9 Å². The number of rotatable bonds is 3. The van der Waals surface area contributed by atoms with Gasteiger partial charge in [0.1, 0.15) is 0 Å². The predicted octanol–water partition coefficient (Wildman–Crippen LogP) is 2.00. The van der Waals surface area contributed by atoms with E-state index in [9.17, 15) is 4.79 Å². The van der Waals surface area contributed by atoms with Crippen LogP contribution in [-0.4, -0.2) is 11.1 Å². The first-order valence-corrected chi connectivity index (χ1v) is 5.63. The van der Waals surface area contributed by atoms with Crippen molar-refractivity contribution < 1.29 is 9.90 Å². The normalized spacial score (nSPS) is 15.3. The molecule has 72 valence electrons. The fourth-order valence-corrected chi connectivity index (χ4v) is 3.38. The lowest BCUT2D eigenvalue weighted by Gasteiger charge is -2.21. The van der Waals surface area contributed by atoms with Crippen LogP contribution < -0.4 is 5.73 Å². The van der Waals surface area contributed by atoms with Gasteiger partial charge in [-0.1, -0.05) is 0 Å². The van der Waals surface area contributed by atoms with E-state index in [-0.39, 0.29) is 6.42 Å². The summed E-state index contributed by atoms with van der Waals surface area (Å²) in [4.78, 5) is 11.5. The van der Waals surface area contributed by atoms with E-state index in [0.29, 0.717) is 0 Å². The van der Waals surface area contributed by atoms with Gasteiger partial charge < -0.3 is 10.8 Å². The van der Waals surface area contributed by atoms with E-state index in [1.807, 2.05) is 11.4 Å². The third kappa shape index (κ3) is 2.65. The van der Waals surface area contributed by atoms with Crippen molar-refractivity contribution in [3.8, 4) is 0 Å². The first kappa shape index (κ1) is 10.9. The van der Waals surface area contributed by atoms with Gasteiger partial charge >= 0.3 is 5.97 Å². The molecule has 13 heavy (non-hydrogen) atoms. The van der Waals surface area contributed by atoms with Crippen molar-refractivity contribution in [2.24, 2.45) is 5.73 Å². The third-order valence-electron chi connectivity index (χ3n) is 1.65. The highest BCUT2D eigenvalue weighted by Crippen LogP contribution is 2.30. The van der Waals surface area contributed by atoms with Crippen LogP contribution in [0.4, 0.5) is 0 Å². The van der Waals surface area contributed by atoms with Crippen molar-refractivity contribution in [1.29, 1.82) is 0 Å². The number of carboxylic acids is 1. The number of carbonyl (C=O) groups is 1. The molecule has 1 rings (SSSR count). The lowest BCUT2D eigenvalue weighted by molar-refractivity contribution is -0.138. The van der Waals surface area contributed by atoms with Crippen LogP contribution in [0.1, 0.15) is 18.2 Å². The van der Waals surface area contributed by atoms with Gasteiger partial charge in [0.15, 0.2) is 0 Å². The Morgan fingerprint density at radius 1 is 1.85 bits per heavy atom. The van der Waals surface area contributed by atoms with Gasteiger partial charge in [0.2, 0.25) is 0 Å². The molecular weight excluding hydrogens is 301 g/mol. The lowest BCUT2D eigenvalue weighted by Crippen LogP contribution is -2.35. The van der Waals surface area contributed by atoms with E-state index in [4.69, 9.17) is 10.8 Å². The molecule has 0 spiro atoms. The SMILES string of the molecule is CC(N)(CC(=O)O)c1sccc1I. The van der Waals surface area contributed by atoms with Crippen LogP contribution in [0.5, 0.6) is 0 Å². The maximum Gasteiger partial charge on any atom is 0.305 e. The number of carboxylic acid groups (broad SMARTS) is 1. The van der Waals surface area contributed by atoms with Gasteiger partial charge in [0, 0.05) is 8.45 Å². The molecule has 1 unspecified atom stereocenters. The Labute approximate surface area is 94.1 Å². The highest BCUT2D eigenvalue weighted by atomic mass is 127. The predicted molar refractivity (Wildman–Crippen MR) is 60.8 cm³/mol. The molecule has 1 aromatic heterocycles. The summed E-state index contributed by atoms with van der Waals surface area (Å²) in [6, 6.07) is 1.94. The summed E-state index contributed by atoms with van der Waals surface area (Å²) in [6.07, 6.45) is -0.0382. The molecule has 0 amide bonds. The lowest BCUT2D eigenvalue weighted by atomic mass is 9.97. The van der Waals surface area contributed by atoms with Crippen molar-refractivity contribution in [2.75, 3.05) is 0 Å². The van der Waals surface area contributed by atoms with Gasteiger partial charge in [0.05, 0.1) is 12.0 Å². The Bertz CT molecular complexity index is 322. The highest BCUT2D eigenvalue weighted by molar-refractivity contribution is 14.1. The van der Waals surface area contributed by atoms with E-state index in [2.05, 4.69) is 22.6 Å². The van der Waals surface area contributed by atoms with Crippen molar-refractivity contribution in [3.63, 3.8) is 0 Å².